The van der Waals surface area contributed by atoms with Gasteiger partial charge in [-0.15, -0.1) is 0 Å². The van der Waals surface area contributed by atoms with E-state index in [1.54, 1.807) is 19.2 Å². The Kier molecular flexibility index (Phi) is 6.64. The molecule has 1 rings (SSSR count). The van der Waals surface area contributed by atoms with Crippen LogP contribution in [0.3, 0.4) is 0 Å². The molecule has 4 nitrogen and oxygen atoms in total. The quantitative estimate of drug-likeness (QED) is 0.706. The van der Waals surface area contributed by atoms with Gasteiger partial charge in [0.15, 0.2) is 0 Å². The van der Waals surface area contributed by atoms with Crippen LogP contribution in [-0.2, 0) is 16.6 Å². The maximum atomic E-state index is 12.0. The molecule has 0 aliphatic rings. The summed E-state index contributed by atoms with van der Waals surface area (Å²) in [5.74, 6) is 0. The predicted octanol–water partition coefficient (Wildman–Crippen LogP) is 2.79. The van der Waals surface area contributed by atoms with E-state index in [-0.39, 0.29) is 17.9 Å². The van der Waals surface area contributed by atoms with E-state index in [1.807, 2.05) is 0 Å². The van der Waals surface area contributed by atoms with Crippen molar-refractivity contribution in [2.75, 3.05) is 13.6 Å². The number of rotatable bonds is 7. The van der Waals surface area contributed by atoms with Crippen molar-refractivity contribution in [1.82, 2.24) is 10.0 Å². The van der Waals surface area contributed by atoms with Crippen LogP contribution >= 0.6 is 15.9 Å². The van der Waals surface area contributed by atoms with Crippen LogP contribution in [0.15, 0.2) is 27.6 Å². The molecule has 0 unspecified atom stereocenters. The molecule has 120 valence electrons. The first-order valence-electron chi connectivity index (χ1n) is 6.15. The van der Waals surface area contributed by atoms with Gasteiger partial charge in [-0.1, -0.05) is 6.07 Å². The Morgan fingerprint density at radius 3 is 2.48 bits per heavy atom. The van der Waals surface area contributed by atoms with Crippen molar-refractivity contribution < 1.29 is 21.6 Å². The monoisotopic (exact) mass is 388 g/mol. The molecule has 0 bridgehead atoms. The summed E-state index contributed by atoms with van der Waals surface area (Å²) < 4.78 is 62.5. The van der Waals surface area contributed by atoms with Gasteiger partial charge in [0.05, 0.1) is 4.90 Å². The second-order valence-electron chi connectivity index (χ2n) is 4.41. The highest BCUT2D eigenvalue weighted by Gasteiger charge is 2.26. The average Bonchev–Trinajstić information content (AvgIpc) is 2.34. The van der Waals surface area contributed by atoms with Gasteiger partial charge in [0.2, 0.25) is 10.0 Å². The second kappa shape index (κ2) is 7.57. The lowest BCUT2D eigenvalue weighted by Crippen LogP contribution is -2.26. The Balaban J connectivity index is 2.70. The first kappa shape index (κ1) is 18.4. The molecule has 0 heterocycles. The van der Waals surface area contributed by atoms with Crippen molar-refractivity contribution in [1.29, 1.82) is 0 Å². The van der Waals surface area contributed by atoms with Gasteiger partial charge in [0, 0.05) is 24.0 Å². The molecule has 0 atom stereocenters. The Hall–Kier alpha value is -0.640. The first-order valence-corrected chi connectivity index (χ1v) is 8.43. The van der Waals surface area contributed by atoms with E-state index in [2.05, 4.69) is 26.0 Å². The number of alkyl halides is 3. The number of hydrogen-bond donors (Lipinski definition) is 2. The van der Waals surface area contributed by atoms with Crippen molar-refractivity contribution >= 4 is 26.0 Å². The van der Waals surface area contributed by atoms with Gasteiger partial charge < -0.3 is 5.32 Å². The highest BCUT2D eigenvalue weighted by atomic mass is 79.9. The number of benzene rings is 1. The number of nitrogens with one attached hydrogen (secondary N) is 2. The Bertz CT molecular complexity index is 576. The molecule has 0 amide bonds. The van der Waals surface area contributed by atoms with Crippen LogP contribution in [-0.4, -0.2) is 28.2 Å². The molecular weight excluding hydrogens is 373 g/mol. The second-order valence-corrected chi connectivity index (χ2v) is 7.00. The van der Waals surface area contributed by atoms with E-state index < -0.39 is 22.6 Å². The predicted molar refractivity (Wildman–Crippen MR) is 77.4 cm³/mol. The van der Waals surface area contributed by atoms with E-state index in [1.165, 1.54) is 6.07 Å². The molecule has 0 radical (unpaired) electrons. The molecular formula is C12H16BrF3N2O2S. The van der Waals surface area contributed by atoms with Crippen LogP contribution in [0.4, 0.5) is 13.2 Å². The molecule has 0 saturated carbocycles. The van der Waals surface area contributed by atoms with Crippen molar-refractivity contribution in [3.8, 4) is 0 Å². The fraction of sp³-hybridized carbons (Fsp3) is 0.500. The molecule has 21 heavy (non-hydrogen) atoms. The zero-order valence-corrected chi connectivity index (χ0v) is 13.7. The third-order valence-electron chi connectivity index (χ3n) is 2.60. The summed E-state index contributed by atoms with van der Waals surface area (Å²) >= 11 is 3.17. The third-order valence-corrected chi connectivity index (χ3v) is 5.03. The summed E-state index contributed by atoms with van der Waals surface area (Å²) in [7, 11) is -2.06. The van der Waals surface area contributed by atoms with Crippen LogP contribution in [0.5, 0.6) is 0 Å². The first-order chi connectivity index (χ1) is 9.65. The van der Waals surface area contributed by atoms with Gasteiger partial charge in [-0.2, -0.15) is 13.2 Å². The molecule has 0 saturated heterocycles. The number of hydrogen-bond acceptors (Lipinski definition) is 3. The highest BCUT2D eigenvalue weighted by molar-refractivity contribution is 9.10. The van der Waals surface area contributed by atoms with Crippen molar-refractivity contribution in [3.05, 3.63) is 28.2 Å². The van der Waals surface area contributed by atoms with Crippen molar-refractivity contribution in [3.63, 3.8) is 0 Å². The Labute approximate surface area is 130 Å². The molecule has 9 heteroatoms. The SMILES string of the molecule is CNCc1ccc(S(=O)(=O)NCCCC(F)(F)F)c(Br)c1. The fourth-order valence-corrected chi connectivity index (χ4v) is 3.85. The zero-order valence-electron chi connectivity index (χ0n) is 11.3. The molecule has 0 aromatic heterocycles. The molecule has 1 aromatic rings. The minimum atomic E-state index is -4.28. The van der Waals surface area contributed by atoms with Crippen LogP contribution < -0.4 is 10.0 Å². The normalized spacial score (nSPS) is 12.6. The minimum absolute atomic E-state index is 0.00867. The standard InChI is InChI=1S/C12H16BrF3N2O2S/c1-17-8-9-3-4-11(10(13)7-9)21(19,20)18-6-2-5-12(14,15)16/h3-4,7,17-18H,2,5-6,8H2,1H3. The average molecular weight is 389 g/mol. The fourth-order valence-electron chi connectivity index (χ4n) is 1.65. The summed E-state index contributed by atoms with van der Waals surface area (Å²) in [6.45, 7) is 0.324. The molecule has 0 aliphatic heterocycles. The van der Waals surface area contributed by atoms with Crippen LogP contribution in [0.25, 0.3) is 0 Å². The summed E-state index contributed by atoms with van der Waals surface area (Å²) in [5.41, 5.74) is 0.889. The molecule has 0 aliphatic carbocycles. The Morgan fingerprint density at radius 1 is 1.29 bits per heavy atom. The third kappa shape index (κ3) is 6.33. The van der Waals surface area contributed by atoms with E-state index in [4.69, 9.17) is 0 Å². The summed E-state index contributed by atoms with van der Waals surface area (Å²) in [4.78, 5) is 0.00867. The molecule has 0 fully saturated rings. The van der Waals surface area contributed by atoms with Crippen molar-refractivity contribution in [2.45, 2.75) is 30.5 Å². The summed E-state index contributed by atoms with van der Waals surface area (Å²) in [5, 5.41) is 2.93. The minimum Gasteiger partial charge on any atom is -0.316 e. The van der Waals surface area contributed by atoms with E-state index in [9.17, 15) is 21.6 Å². The molecule has 2 N–H and O–H groups in total. The zero-order chi connectivity index (χ0) is 16.1. The van der Waals surface area contributed by atoms with Gasteiger partial charge in [-0.25, -0.2) is 13.1 Å². The highest BCUT2D eigenvalue weighted by Crippen LogP contribution is 2.24. The van der Waals surface area contributed by atoms with Gasteiger partial charge in [-0.05, 0) is 47.1 Å². The number of halogens is 4. The van der Waals surface area contributed by atoms with Crippen LogP contribution in [0, 0.1) is 0 Å². The number of sulfonamides is 1. The maximum Gasteiger partial charge on any atom is 0.389 e. The van der Waals surface area contributed by atoms with Gasteiger partial charge in [0.25, 0.3) is 0 Å². The lowest BCUT2D eigenvalue weighted by molar-refractivity contribution is -0.135. The maximum absolute atomic E-state index is 12.0. The van der Waals surface area contributed by atoms with Gasteiger partial charge in [-0.3, -0.25) is 0 Å². The lowest BCUT2D eigenvalue weighted by atomic mass is 10.2. The van der Waals surface area contributed by atoms with Crippen molar-refractivity contribution in [2.24, 2.45) is 0 Å². The van der Waals surface area contributed by atoms with Gasteiger partial charge >= 0.3 is 6.18 Å². The summed E-state index contributed by atoms with van der Waals surface area (Å²) in [6, 6.07) is 4.72. The van der Waals surface area contributed by atoms with Gasteiger partial charge in [0.1, 0.15) is 0 Å². The van der Waals surface area contributed by atoms with Crippen LogP contribution in [0.1, 0.15) is 18.4 Å². The van der Waals surface area contributed by atoms with Crippen LogP contribution in [0.2, 0.25) is 0 Å². The molecule has 1 aromatic carbocycles. The van der Waals surface area contributed by atoms with E-state index in [0.29, 0.717) is 11.0 Å². The van der Waals surface area contributed by atoms with E-state index >= 15 is 0 Å². The topological polar surface area (TPSA) is 58.2 Å². The lowest BCUT2D eigenvalue weighted by Gasteiger charge is -2.10. The largest absolute Gasteiger partial charge is 0.389 e. The summed E-state index contributed by atoms with van der Waals surface area (Å²) in [6.07, 6.45) is -5.59. The van der Waals surface area contributed by atoms with E-state index in [0.717, 1.165) is 5.56 Å². The molecule has 0 spiro atoms. The smallest absolute Gasteiger partial charge is 0.316 e. The Morgan fingerprint density at radius 2 is 1.95 bits per heavy atom.